The Hall–Kier alpha value is -0.590. The zero-order valence-electron chi connectivity index (χ0n) is 4.48. The third kappa shape index (κ3) is 5.41. The van der Waals surface area contributed by atoms with E-state index in [4.69, 9.17) is 0 Å². The number of rotatable bonds is 3. The predicted octanol–water partition coefficient (Wildman–Crippen LogP) is 1.45. The average molecular weight is 97.1 g/mol. The lowest BCUT2D eigenvalue weighted by Gasteiger charge is -1.75. The highest BCUT2D eigenvalue weighted by atomic mass is 16.1. The first-order valence-corrected chi connectivity index (χ1v) is 2.44. The molecule has 0 aromatic carbocycles. The van der Waals surface area contributed by atoms with Crippen LogP contribution < -0.4 is 0 Å². The second-order valence-corrected chi connectivity index (χ2v) is 1.31. The van der Waals surface area contributed by atoms with E-state index in [0.717, 1.165) is 12.8 Å². The molecule has 0 rings (SSSR count). The fraction of sp³-hybridized carbons (Fsp3) is 0.500. The van der Waals surface area contributed by atoms with Gasteiger partial charge in [-0.3, -0.25) is 4.79 Å². The van der Waals surface area contributed by atoms with Crippen LogP contribution in [0.4, 0.5) is 0 Å². The number of hydrogen-bond acceptors (Lipinski definition) is 1. The fourth-order valence-electron chi connectivity index (χ4n) is 0.298. The van der Waals surface area contributed by atoms with Crippen molar-refractivity contribution in [2.45, 2.75) is 19.8 Å². The van der Waals surface area contributed by atoms with Gasteiger partial charge in [-0.25, -0.2) is 0 Å². The van der Waals surface area contributed by atoms with Gasteiger partial charge < -0.3 is 0 Å². The Morgan fingerprint density at radius 2 is 2.43 bits per heavy atom. The van der Waals surface area contributed by atoms with Crippen LogP contribution in [0.2, 0.25) is 0 Å². The molecule has 1 nitrogen and oxygen atoms in total. The Morgan fingerprint density at radius 1 is 1.71 bits per heavy atom. The van der Waals surface area contributed by atoms with Gasteiger partial charge in [-0.15, -0.1) is 0 Å². The summed E-state index contributed by atoms with van der Waals surface area (Å²) in [6.07, 6.45) is 6.97. The quantitative estimate of drug-likeness (QED) is 0.487. The second-order valence-electron chi connectivity index (χ2n) is 1.31. The van der Waals surface area contributed by atoms with Crippen molar-refractivity contribution in [2.75, 3.05) is 0 Å². The molecule has 0 saturated carbocycles. The molecule has 0 atom stereocenters. The Kier molecular flexibility index (Phi) is 4.95. The number of carbonyl (C=O) groups excluding carboxylic acids is 1. The highest BCUT2D eigenvalue weighted by molar-refractivity contribution is 5.65. The average Bonchev–Trinajstić information content (AvgIpc) is 1.69. The monoisotopic (exact) mass is 97.1 g/mol. The van der Waals surface area contributed by atoms with E-state index in [2.05, 4.69) is 6.92 Å². The van der Waals surface area contributed by atoms with E-state index >= 15 is 0 Å². The lowest BCUT2D eigenvalue weighted by molar-refractivity contribution is 0.564. The maximum absolute atomic E-state index is 9.47. The Bertz CT molecular complexity index is 64.6. The van der Waals surface area contributed by atoms with Crippen molar-refractivity contribution in [2.24, 2.45) is 0 Å². The highest BCUT2D eigenvalue weighted by Crippen LogP contribution is 1.85. The van der Waals surface area contributed by atoms with Crippen LogP contribution in [0.15, 0.2) is 12.2 Å². The van der Waals surface area contributed by atoms with Crippen molar-refractivity contribution < 1.29 is 4.79 Å². The zero-order chi connectivity index (χ0) is 5.54. The van der Waals surface area contributed by atoms with Gasteiger partial charge in [0, 0.05) is 0 Å². The maximum Gasteiger partial charge on any atom is 0.225 e. The molecule has 0 N–H and O–H groups in total. The Balaban J connectivity index is 2.92. The molecule has 1 heteroatoms. The van der Waals surface area contributed by atoms with Crippen molar-refractivity contribution in [1.29, 1.82) is 0 Å². The van der Waals surface area contributed by atoms with Crippen molar-refractivity contribution in [3.8, 4) is 0 Å². The molecule has 0 aliphatic heterocycles. The molecule has 0 heterocycles. The summed E-state index contributed by atoms with van der Waals surface area (Å²) in [5.41, 5.74) is 0. The lowest BCUT2D eigenvalue weighted by Crippen LogP contribution is -1.61. The first-order chi connectivity index (χ1) is 3.41. The van der Waals surface area contributed by atoms with Gasteiger partial charge in [-0.1, -0.05) is 19.4 Å². The molecule has 7 heavy (non-hydrogen) atoms. The first kappa shape index (κ1) is 6.41. The van der Waals surface area contributed by atoms with Crippen molar-refractivity contribution in [1.82, 2.24) is 0 Å². The number of hydrogen-bond donors (Lipinski definition) is 0. The summed E-state index contributed by atoms with van der Waals surface area (Å²) in [6, 6.07) is 0. The third-order valence-electron chi connectivity index (χ3n) is 0.641. The molecule has 0 aromatic heterocycles. The van der Waals surface area contributed by atoms with E-state index in [9.17, 15) is 4.79 Å². The molecular weight excluding hydrogens is 88.1 g/mol. The third-order valence-corrected chi connectivity index (χ3v) is 0.641. The molecule has 0 bridgehead atoms. The van der Waals surface area contributed by atoms with Crippen LogP contribution in [0.1, 0.15) is 19.8 Å². The Morgan fingerprint density at radius 3 is 2.86 bits per heavy atom. The van der Waals surface area contributed by atoms with E-state index in [1.54, 1.807) is 6.29 Å². The molecule has 0 unspecified atom stereocenters. The SMILES string of the molecule is CCC/C=C/[C]=O. The Labute approximate surface area is 44.0 Å². The summed E-state index contributed by atoms with van der Waals surface area (Å²) in [5, 5.41) is 0. The first-order valence-electron chi connectivity index (χ1n) is 2.44. The topological polar surface area (TPSA) is 17.1 Å². The fourth-order valence-corrected chi connectivity index (χ4v) is 0.298. The summed E-state index contributed by atoms with van der Waals surface area (Å²) in [6.45, 7) is 2.06. The van der Waals surface area contributed by atoms with E-state index in [0.29, 0.717) is 0 Å². The largest absolute Gasteiger partial charge is 0.286 e. The van der Waals surface area contributed by atoms with Gasteiger partial charge in [0.2, 0.25) is 6.29 Å². The van der Waals surface area contributed by atoms with Crippen LogP contribution in [0.5, 0.6) is 0 Å². The van der Waals surface area contributed by atoms with E-state index in [-0.39, 0.29) is 0 Å². The van der Waals surface area contributed by atoms with E-state index < -0.39 is 0 Å². The summed E-state index contributed by atoms with van der Waals surface area (Å²) < 4.78 is 0. The van der Waals surface area contributed by atoms with E-state index in [1.165, 1.54) is 6.08 Å². The van der Waals surface area contributed by atoms with Crippen LogP contribution in [-0.2, 0) is 4.79 Å². The van der Waals surface area contributed by atoms with Crippen LogP contribution in [0.3, 0.4) is 0 Å². The summed E-state index contributed by atoms with van der Waals surface area (Å²) >= 11 is 0. The van der Waals surface area contributed by atoms with Crippen LogP contribution in [-0.4, -0.2) is 6.29 Å². The maximum atomic E-state index is 9.47. The smallest absolute Gasteiger partial charge is 0.225 e. The van der Waals surface area contributed by atoms with Crippen molar-refractivity contribution in [3.05, 3.63) is 12.2 Å². The summed E-state index contributed by atoms with van der Waals surface area (Å²) in [4.78, 5) is 9.47. The van der Waals surface area contributed by atoms with Crippen LogP contribution in [0, 0.1) is 0 Å². The minimum Gasteiger partial charge on any atom is -0.286 e. The zero-order valence-corrected chi connectivity index (χ0v) is 4.48. The molecule has 0 amide bonds. The molecule has 0 aromatic rings. The van der Waals surface area contributed by atoms with Crippen molar-refractivity contribution >= 4 is 6.29 Å². The normalized spacial score (nSPS) is 9.86. The molecule has 0 spiro atoms. The van der Waals surface area contributed by atoms with Gasteiger partial charge in [0.05, 0.1) is 0 Å². The van der Waals surface area contributed by atoms with Gasteiger partial charge in [-0.2, -0.15) is 0 Å². The minimum absolute atomic E-state index is 0.981. The lowest BCUT2D eigenvalue weighted by atomic mass is 10.3. The molecule has 0 aliphatic rings. The van der Waals surface area contributed by atoms with E-state index in [1.807, 2.05) is 6.08 Å². The minimum atomic E-state index is 0.981. The number of unbranched alkanes of at least 4 members (excludes halogenated alkanes) is 1. The highest BCUT2D eigenvalue weighted by Gasteiger charge is 1.68. The van der Waals surface area contributed by atoms with Gasteiger partial charge in [0.1, 0.15) is 0 Å². The van der Waals surface area contributed by atoms with Gasteiger partial charge in [0.25, 0.3) is 0 Å². The predicted molar refractivity (Wildman–Crippen MR) is 29.7 cm³/mol. The number of allylic oxidation sites excluding steroid dienone is 2. The summed E-state index contributed by atoms with van der Waals surface area (Å²) in [7, 11) is 0. The van der Waals surface area contributed by atoms with Crippen LogP contribution >= 0.6 is 0 Å². The van der Waals surface area contributed by atoms with Crippen LogP contribution in [0.25, 0.3) is 0 Å². The van der Waals surface area contributed by atoms with Gasteiger partial charge in [0.15, 0.2) is 0 Å². The molecule has 0 aliphatic carbocycles. The van der Waals surface area contributed by atoms with Gasteiger partial charge in [-0.05, 0) is 12.5 Å². The molecule has 0 fully saturated rings. The molecule has 39 valence electrons. The molecule has 0 saturated heterocycles. The molecular formula is C6H9O. The summed E-state index contributed by atoms with van der Waals surface area (Å²) in [5.74, 6) is 0. The van der Waals surface area contributed by atoms with Crippen molar-refractivity contribution in [3.63, 3.8) is 0 Å². The molecule has 1 radical (unpaired) electrons. The second kappa shape index (κ2) is 5.41. The standard InChI is InChI=1S/C6H9O/c1-2-3-4-5-6-7/h4-5H,2-3H2,1H3/b5-4+. The van der Waals surface area contributed by atoms with Gasteiger partial charge >= 0.3 is 0 Å².